The monoisotopic (exact) mass is 301 g/mol. The quantitative estimate of drug-likeness (QED) is 0.486. The Kier molecular flexibility index (Phi) is 5.77. The zero-order chi connectivity index (χ0) is 9.61. The molecule has 5 heteroatoms. The van der Waals surface area contributed by atoms with Gasteiger partial charge in [-0.2, -0.15) is 0 Å². The number of hydrogen-bond donors (Lipinski definition) is 1. The molecule has 2 N–H and O–H groups in total. The Morgan fingerprint density at radius 2 is 2.17 bits per heavy atom. The van der Waals surface area contributed by atoms with Gasteiger partial charge in [0.15, 0.2) is 0 Å². The molecule has 12 heavy (non-hydrogen) atoms. The number of nitrogens with two attached hydrogens (primary N) is 1. The molecule has 0 saturated heterocycles. The van der Waals surface area contributed by atoms with Crippen molar-refractivity contribution in [1.29, 1.82) is 0 Å². The summed E-state index contributed by atoms with van der Waals surface area (Å²) in [7, 11) is -3.53. The predicted octanol–water partition coefficient (Wildman–Crippen LogP) is 1.56. The van der Waals surface area contributed by atoms with E-state index in [0.29, 0.717) is 6.42 Å². The van der Waals surface area contributed by atoms with E-state index < -0.39 is 10.0 Å². The van der Waals surface area contributed by atoms with E-state index in [-0.39, 0.29) is 4.91 Å². The number of alkyl halides is 1. The first-order valence-corrected chi connectivity index (χ1v) is 6.55. The van der Waals surface area contributed by atoms with Gasteiger partial charge in [-0.05, 0) is 12.5 Å². The van der Waals surface area contributed by atoms with Crippen LogP contribution in [0.1, 0.15) is 13.3 Å². The molecule has 0 unspecified atom stereocenters. The van der Waals surface area contributed by atoms with Crippen molar-refractivity contribution in [3.8, 4) is 0 Å². The van der Waals surface area contributed by atoms with E-state index in [2.05, 4.69) is 22.6 Å². The van der Waals surface area contributed by atoms with Crippen molar-refractivity contribution in [1.82, 2.24) is 0 Å². The smallest absolute Gasteiger partial charge is 0.225 e. The van der Waals surface area contributed by atoms with E-state index in [4.69, 9.17) is 5.14 Å². The number of halogens is 1. The van der Waals surface area contributed by atoms with E-state index in [1.54, 1.807) is 12.2 Å². The van der Waals surface area contributed by atoms with Crippen LogP contribution in [-0.2, 0) is 10.0 Å². The molecule has 0 heterocycles. The topological polar surface area (TPSA) is 60.2 Å². The maximum atomic E-state index is 10.9. The third-order valence-corrected chi connectivity index (χ3v) is 2.57. The summed E-state index contributed by atoms with van der Waals surface area (Å²) in [4.78, 5) is 0.196. The number of primary sulfonamides is 1. The number of hydrogen-bond acceptors (Lipinski definition) is 2. The maximum absolute atomic E-state index is 10.9. The van der Waals surface area contributed by atoms with Crippen LogP contribution in [0.5, 0.6) is 0 Å². The van der Waals surface area contributed by atoms with Crippen LogP contribution in [0, 0.1) is 0 Å². The van der Waals surface area contributed by atoms with Gasteiger partial charge in [-0.15, -0.1) is 0 Å². The van der Waals surface area contributed by atoms with Crippen molar-refractivity contribution < 1.29 is 8.42 Å². The molecule has 0 saturated carbocycles. The number of sulfonamides is 1. The van der Waals surface area contributed by atoms with Crippen molar-refractivity contribution in [2.24, 2.45) is 5.14 Å². The summed E-state index contributed by atoms with van der Waals surface area (Å²) in [5.41, 5.74) is 0. The Bertz CT molecular complexity index is 280. The molecule has 0 atom stereocenters. The van der Waals surface area contributed by atoms with Crippen LogP contribution in [0.15, 0.2) is 23.1 Å². The summed E-state index contributed by atoms with van der Waals surface area (Å²) in [5.74, 6) is 0. The van der Waals surface area contributed by atoms with Gasteiger partial charge in [-0.1, -0.05) is 41.7 Å². The Morgan fingerprint density at radius 3 is 2.50 bits per heavy atom. The van der Waals surface area contributed by atoms with Gasteiger partial charge in [0.05, 0.1) is 4.91 Å². The SMILES string of the molecule is CC/C=C(\C=C/CI)S(N)(=O)=O. The van der Waals surface area contributed by atoms with Crippen molar-refractivity contribution in [2.75, 3.05) is 4.43 Å². The molecule has 0 aliphatic carbocycles. The Labute approximate surface area is 86.9 Å². The minimum absolute atomic E-state index is 0.196. The second-order valence-corrected chi connectivity index (χ2v) is 4.56. The second kappa shape index (κ2) is 5.71. The number of allylic oxidation sites excluding steroid dienone is 3. The van der Waals surface area contributed by atoms with Crippen LogP contribution < -0.4 is 5.14 Å². The fourth-order valence-electron chi connectivity index (χ4n) is 0.641. The third kappa shape index (κ3) is 4.89. The van der Waals surface area contributed by atoms with Crippen molar-refractivity contribution >= 4 is 32.6 Å². The lowest BCUT2D eigenvalue weighted by Crippen LogP contribution is -2.13. The van der Waals surface area contributed by atoms with Gasteiger partial charge >= 0.3 is 0 Å². The molecular weight excluding hydrogens is 289 g/mol. The van der Waals surface area contributed by atoms with Gasteiger partial charge in [0, 0.05) is 4.43 Å². The van der Waals surface area contributed by atoms with Crippen molar-refractivity contribution in [3.63, 3.8) is 0 Å². The highest BCUT2D eigenvalue weighted by atomic mass is 127. The van der Waals surface area contributed by atoms with E-state index in [1.807, 2.05) is 6.92 Å². The highest BCUT2D eigenvalue weighted by Gasteiger charge is 2.06. The largest absolute Gasteiger partial charge is 0.237 e. The Hall–Kier alpha value is 0.120. The molecule has 0 radical (unpaired) electrons. The Balaban J connectivity index is 4.71. The van der Waals surface area contributed by atoms with Gasteiger partial charge in [0.25, 0.3) is 0 Å². The van der Waals surface area contributed by atoms with Crippen LogP contribution >= 0.6 is 22.6 Å². The molecule has 0 aromatic carbocycles. The molecular formula is C7H12INO2S. The number of rotatable bonds is 4. The zero-order valence-electron chi connectivity index (χ0n) is 6.83. The third-order valence-electron chi connectivity index (χ3n) is 1.11. The summed E-state index contributed by atoms with van der Waals surface area (Å²) in [6.45, 7) is 1.86. The van der Waals surface area contributed by atoms with E-state index >= 15 is 0 Å². The summed E-state index contributed by atoms with van der Waals surface area (Å²) in [6.07, 6.45) is 5.55. The lowest BCUT2D eigenvalue weighted by molar-refractivity contribution is 0.604. The minimum atomic E-state index is -3.53. The summed E-state index contributed by atoms with van der Waals surface area (Å²) >= 11 is 2.13. The van der Waals surface area contributed by atoms with Crippen LogP contribution in [0.2, 0.25) is 0 Å². The molecule has 0 aromatic rings. The summed E-state index contributed by atoms with van der Waals surface area (Å²) in [5, 5.41) is 4.96. The lowest BCUT2D eigenvalue weighted by atomic mass is 10.4. The molecule has 0 fully saturated rings. The summed E-state index contributed by atoms with van der Waals surface area (Å²) in [6, 6.07) is 0. The van der Waals surface area contributed by atoms with Gasteiger partial charge in [-0.3, -0.25) is 0 Å². The highest BCUT2D eigenvalue weighted by molar-refractivity contribution is 14.1. The molecule has 0 aliphatic rings. The van der Waals surface area contributed by atoms with Crippen molar-refractivity contribution in [3.05, 3.63) is 23.1 Å². The van der Waals surface area contributed by atoms with E-state index in [9.17, 15) is 8.42 Å². The van der Waals surface area contributed by atoms with Crippen molar-refractivity contribution in [2.45, 2.75) is 13.3 Å². The lowest BCUT2D eigenvalue weighted by Gasteiger charge is -1.96. The maximum Gasteiger partial charge on any atom is 0.237 e. The Morgan fingerprint density at radius 1 is 1.58 bits per heavy atom. The standard InChI is InChI=1S/C7H12INO2S/c1-2-4-7(5-3-6-8)12(9,10)11/h3-5H,2,6H2,1H3,(H2,9,10,11)/b5-3-,7-4+. The zero-order valence-corrected chi connectivity index (χ0v) is 9.80. The first kappa shape index (κ1) is 12.1. The second-order valence-electron chi connectivity index (χ2n) is 2.12. The van der Waals surface area contributed by atoms with Crippen LogP contribution in [0.25, 0.3) is 0 Å². The average molecular weight is 301 g/mol. The average Bonchev–Trinajstić information content (AvgIpc) is 1.95. The van der Waals surface area contributed by atoms with Crippen LogP contribution in [0.3, 0.4) is 0 Å². The van der Waals surface area contributed by atoms with Gasteiger partial charge in [-0.25, -0.2) is 13.6 Å². The first-order valence-electron chi connectivity index (χ1n) is 3.47. The predicted molar refractivity (Wildman–Crippen MR) is 59.5 cm³/mol. The first-order chi connectivity index (χ1) is 5.52. The van der Waals surface area contributed by atoms with E-state index in [0.717, 1.165) is 4.43 Å². The fraction of sp³-hybridized carbons (Fsp3) is 0.429. The molecule has 0 bridgehead atoms. The minimum Gasteiger partial charge on any atom is -0.225 e. The molecule has 0 amide bonds. The van der Waals surface area contributed by atoms with Gasteiger partial charge < -0.3 is 0 Å². The molecule has 0 spiro atoms. The van der Waals surface area contributed by atoms with Crippen LogP contribution in [0.4, 0.5) is 0 Å². The molecule has 0 aliphatic heterocycles. The highest BCUT2D eigenvalue weighted by Crippen LogP contribution is 2.05. The molecule has 70 valence electrons. The fourth-order valence-corrected chi connectivity index (χ4v) is 1.58. The molecule has 3 nitrogen and oxygen atoms in total. The van der Waals surface area contributed by atoms with Gasteiger partial charge in [0.1, 0.15) is 0 Å². The molecule has 0 rings (SSSR count). The molecule has 0 aromatic heterocycles. The van der Waals surface area contributed by atoms with Gasteiger partial charge in [0.2, 0.25) is 10.0 Å². The normalized spacial score (nSPS) is 14.1. The summed E-state index contributed by atoms with van der Waals surface area (Å²) < 4.78 is 22.5. The van der Waals surface area contributed by atoms with E-state index in [1.165, 1.54) is 6.08 Å². The van der Waals surface area contributed by atoms with Crippen LogP contribution in [-0.4, -0.2) is 12.8 Å².